The van der Waals surface area contributed by atoms with Crippen molar-refractivity contribution in [2.24, 2.45) is 0 Å². The van der Waals surface area contributed by atoms with E-state index in [0.29, 0.717) is 13.0 Å². The van der Waals surface area contributed by atoms with Gasteiger partial charge in [-0.05, 0) is 19.8 Å². The van der Waals surface area contributed by atoms with Crippen molar-refractivity contribution in [2.45, 2.75) is 90.6 Å². The molecule has 0 aromatic heterocycles. The Kier molecular flexibility index (Phi) is 20.3. The summed E-state index contributed by atoms with van der Waals surface area (Å²) in [6.45, 7) is 4.74. The molecule has 130 valence electrons. The fraction of sp³-hybridized carbons (Fsp3) is 1.00. The third kappa shape index (κ3) is 19.6. The van der Waals surface area contributed by atoms with Crippen LogP contribution in [-0.2, 0) is 14.9 Å². The molecule has 0 saturated carbocycles. The second-order valence-corrected chi connectivity index (χ2v) is 7.34. The maximum atomic E-state index is 10.8. The summed E-state index contributed by atoms with van der Waals surface area (Å²) >= 11 is 0. The van der Waals surface area contributed by atoms with Crippen molar-refractivity contribution in [1.82, 2.24) is 0 Å². The Morgan fingerprint density at radius 2 is 1.36 bits per heavy atom. The van der Waals surface area contributed by atoms with Gasteiger partial charge in [0.2, 0.25) is 0 Å². The van der Waals surface area contributed by atoms with E-state index in [1.54, 1.807) is 0 Å². The first-order chi connectivity index (χ1) is 9.99. The quantitative estimate of drug-likeness (QED) is 0.272. The second-order valence-electron chi connectivity index (χ2n) is 5.77. The van der Waals surface area contributed by atoms with E-state index in [0.717, 1.165) is 12.8 Å². The molecule has 0 radical (unpaired) electrons. The number of hydrogen-bond donors (Lipinski definition) is 1. The summed E-state index contributed by atoms with van der Waals surface area (Å²) in [4.78, 5) is 0. The minimum atomic E-state index is -3.87. The molecule has 1 atom stereocenters. The SMILES string of the molecule is CCCCCCCCCCCC(CCS(=O)(=O)O)OCC.[KH]. The molecular formula is C16H35KO4S. The van der Waals surface area contributed by atoms with E-state index in [1.165, 1.54) is 51.4 Å². The molecule has 0 saturated heterocycles. The molecular weight excluding hydrogens is 327 g/mol. The fourth-order valence-corrected chi connectivity index (χ4v) is 3.07. The molecule has 1 N–H and O–H groups in total. The van der Waals surface area contributed by atoms with E-state index < -0.39 is 10.1 Å². The third-order valence-electron chi connectivity index (χ3n) is 3.73. The van der Waals surface area contributed by atoms with Crippen LogP contribution in [0.25, 0.3) is 0 Å². The van der Waals surface area contributed by atoms with Gasteiger partial charge in [0.1, 0.15) is 0 Å². The van der Waals surface area contributed by atoms with E-state index in [1.807, 2.05) is 6.92 Å². The van der Waals surface area contributed by atoms with Crippen molar-refractivity contribution in [3.05, 3.63) is 0 Å². The molecule has 4 nitrogen and oxygen atoms in total. The first kappa shape index (κ1) is 25.7. The van der Waals surface area contributed by atoms with E-state index in [-0.39, 0.29) is 63.2 Å². The summed E-state index contributed by atoms with van der Waals surface area (Å²) in [5.74, 6) is -0.199. The number of unbranched alkanes of at least 4 members (excludes halogenated alkanes) is 8. The summed E-state index contributed by atoms with van der Waals surface area (Å²) in [7, 11) is -3.87. The number of ether oxygens (including phenoxy) is 1. The van der Waals surface area contributed by atoms with Gasteiger partial charge < -0.3 is 4.74 Å². The van der Waals surface area contributed by atoms with Gasteiger partial charge in [0.25, 0.3) is 10.1 Å². The van der Waals surface area contributed by atoms with Crippen LogP contribution in [-0.4, -0.2) is 82.8 Å². The van der Waals surface area contributed by atoms with Gasteiger partial charge in [0.05, 0.1) is 11.9 Å². The maximum absolute atomic E-state index is 10.8. The van der Waals surface area contributed by atoms with Gasteiger partial charge in [-0.15, -0.1) is 0 Å². The topological polar surface area (TPSA) is 63.6 Å². The van der Waals surface area contributed by atoms with Gasteiger partial charge in [-0.1, -0.05) is 64.7 Å². The zero-order chi connectivity index (χ0) is 16.0. The predicted molar refractivity (Wildman–Crippen MR) is 95.4 cm³/mol. The third-order valence-corrected chi connectivity index (χ3v) is 4.48. The van der Waals surface area contributed by atoms with Crippen molar-refractivity contribution in [3.63, 3.8) is 0 Å². The fourth-order valence-electron chi connectivity index (χ4n) is 2.51. The van der Waals surface area contributed by atoms with E-state index in [2.05, 4.69) is 6.92 Å². The number of rotatable bonds is 15. The van der Waals surface area contributed by atoms with Crippen LogP contribution < -0.4 is 0 Å². The van der Waals surface area contributed by atoms with Crippen LogP contribution in [0.1, 0.15) is 84.5 Å². The van der Waals surface area contributed by atoms with Gasteiger partial charge in [-0.3, -0.25) is 4.55 Å². The van der Waals surface area contributed by atoms with Crippen LogP contribution in [0.5, 0.6) is 0 Å². The number of hydrogen-bond acceptors (Lipinski definition) is 3. The summed E-state index contributed by atoms with van der Waals surface area (Å²) in [6.07, 6.45) is 12.7. The Morgan fingerprint density at radius 1 is 0.864 bits per heavy atom. The van der Waals surface area contributed by atoms with Crippen LogP contribution in [0.15, 0.2) is 0 Å². The van der Waals surface area contributed by atoms with Gasteiger partial charge in [-0.2, -0.15) is 8.42 Å². The molecule has 0 bridgehead atoms. The van der Waals surface area contributed by atoms with Crippen LogP contribution in [0.4, 0.5) is 0 Å². The Bertz CT molecular complexity index is 320. The molecule has 0 aliphatic carbocycles. The van der Waals surface area contributed by atoms with Crippen LogP contribution in [0.2, 0.25) is 0 Å². The van der Waals surface area contributed by atoms with Crippen molar-refractivity contribution in [1.29, 1.82) is 0 Å². The molecule has 0 fully saturated rings. The molecule has 0 aromatic carbocycles. The van der Waals surface area contributed by atoms with Crippen LogP contribution >= 0.6 is 0 Å². The van der Waals surface area contributed by atoms with Crippen molar-refractivity contribution in [3.8, 4) is 0 Å². The van der Waals surface area contributed by atoms with Gasteiger partial charge in [0.15, 0.2) is 0 Å². The van der Waals surface area contributed by atoms with Crippen LogP contribution in [0, 0.1) is 0 Å². The summed E-state index contributed by atoms with van der Waals surface area (Å²) in [5.41, 5.74) is 0. The van der Waals surface area contributed by atoms with Gasteiger partial charge in [0, 0.05) is 6.61 Å². The van der Waals surface area contributed by atoms with E-state index >= 15 is 0 Å². The first-order valence-electron chi connectivity index (χ1n) is 8.56. The zero-order valence-corrected chi connectivity index (χ0v) is 14.7. The Morgan fingerprint density at radius 3 is 1.82 bits per heavy atom. The van der Waals surface area contributed by atoms with Gasteiger partial charge >= 0.3 is 51.4 Å². The van der Waals surface area contributed by atoms with Crippen LogP contribution in [0.3, 0.4) is 0 Å². The molecule has 1 unspecified atom stereocenters. The molecule has 6 heteroatoms. The van der Waals surface area contributed by atoms with Gasteiger partial charge in [-0.25, -0.2) is 0 Å². The van der Waals surface area contributed by atoms with E-state index in [9.17, 15) is 8.42 Å². The zero-order valence-electron chi connectivity index (χ0n) is 13.8. The second kappa shape index (κ2) is 17.3. The summed E-state index contributed by atoms with van der Waals surface area (Å²) in [5, 5.41) is 0. The molecule has 0 aromatic rings. The van der Waals surface area contributed by atoms with Crippen molar-refractivity contribution < 1.29 is 17.7 Å². The molecule has 0 aliphatic heterocycles. The average Bonchev–Trinajstić information content (AvgIpc) is 2.42. The molecule has 0 amide bonds. The normalized spacial score (nSPS) is 12.9. The molecule has 0 spiro atoms. The first-order valence-corrected chi connectivity index (χ1v) is 10.2. The predicted octanol–water partition coefficient (Wildman–Crippen LogP) is 3.94. The monoisotopic (exact) mass is 362 g/mol. The molecule has 0 rings (SSSR count). The average molecular weight is 363 g/mol. The summed E-state index contributed by atoms with van der Waals surface area (Å²) in [6, 6.07) is 0. The summed E-state index contributed by atoms with van der Waals surface area (Å²) < 4.78 is 35.8. The Balaban J connectivity index is 0. The minimum absolute atomic E-state index is 0. The molecule has 22 heavy (non-hydrogen) atoms. The Labute approximate surface area is 180 Å². The standard InChI is InChI=1S/C16H34O4S.K.H/c1-3-5-6-7-8-9-10-11-12-13-16(20-4-2)14-15-21(17,18)19;;/h16H,3-15H2,1-2H3,(H,17,18,19);;. The molecule has 0 aliphatic rings. The van der Waals surface area contributed by atoms with Crippen molar-refractivity contribution in [2.75, 3.05) is 12.4 Å². The Hall–Kier alpha value is 1.51. The molecule has 0 heterocycles. The van der Waals surface area contributed by atoms with Crippen molar-refractivity contribution >= 4 is 61.5 Å². The van der Waals surface area contributed by atoms with E-state index in [4.69, 9.17) is 9.29 Å².